The number of carbonyl (C=O) groups excluding carboxylic acids is 1. The molecule has 0 amide bonds. The summed E-state index contributed by atoms with van der Waals surface area (Å²) in [7, 11) is 2.20. The highest BCUT2D eigenvalue weighted by Gasteiger charge is 2.26. The lowest BCUT2D eigenvalue weighted by atomic mass is 9.88. The van der Waals surface area contributed by atoms with Crippen molar-refractivity contribution in [3.05, 3.63) is 88.5 Å². The van der Waals surface area contributed by atoms with Crippen molar-refractivity contribution in [3.8, 4) is 0 Å². The number of benzene rings is 2. The molecule has 1 atom stereocenters. The van der Waals surface area contributed by atoms with Crippen LogP contribution in [0.25, 0.3) is 0 Å². The summed E-state index contributed by atoms with van der Waals surface area (Å²) in [5, 5.41) is 0. The number of hydrogen-bond donors (Lipinski definition) is 0. The van der Waals surface area contributed by atoms with E-state index in [1.54, 1.807) is 6.33 Å². The van der Waals surface area contributed by atoms with E-state index in [1.165, 1.54) is 35.1 Å². The topological polar surface area (TPSA) is 52.6 Å². The second kappa shape index (κ2) is 10.3. The van der Waals surface area contributed by atoms with Gasteiger partial charge in [0, 0.05) is 57.8 Å². The second-order valence-corrected chi connectivity index (χ2v) is 11.3. The summed E-state index contributed by atoms with van der Waals surface area (Å²) in [6.45, 7) is 9.40. The van der Waals surface area contributed by atoms with Gasteiger partial charge in [-0.15, -0.1) is 0 Å². The van der Waals surface area contributed by atoms with Crippen LogP contribution >= 0.6 is 0 Å². The number of nitrogens with zero attached hydrogens (tertiary/aromatic N) is 5. The van der Waals surface area contributed by atoms with Crippen LogP contribution in [0.5, 0.6) is 0 Å². The Balaban J connectivity index is 1.20. The lowest BCUT2D eigenvalue weighted by Gasteiger charge is -2.34. The van der Waals surface area contributed by atoms with Crippen LogP contribution in [0.15, 0.2) is 55.1 Å². The number of ketones is 1. The maximum atomic E-state index is 13.5. The molecule has 3 aliphatic rings. The zero-order chi connectivity index (χ0) is 25.4. The lowest BCUT2D eigenvalue weighted by Crippen LogP contribution is -2.43. The number of piperazine rings is 1. The minimum atomic E-state index is 0.203. The van der Waals surface area contributed by atoms with E-state index in [2.05, 4.69) is 69.0 Å². The molecule has 6 nitrogen and oxygen atoms in total. The molecular weight excluding hydrogens is 458 g/mol. The van der Waals surface area contributed by atoms with Gasteiger partial charge in [0.05, 0.1) is 18.1 Å². The molecule has 2 fully saturated rings. The molecule has 1 aromatic heterocycles. The van der Waals surface area contributed by atoms with Crippen molar-refractivity contribution in [1.29, 1.82) is 0 Å². The van der Waals surface area contributed by atoms with E-state index in [0.717, 1.165) is 62.6 Å². The van der Waals surface area contributed by atoms with Gasteiger partial charge in [-0.25, -0.2) is 9.97 Å². The minimum Gasteiger partial charge on any atom is -0.364 e. The molecule has 6 rings (SSSR count). The number of fused-ring (bicyclic) bond motifs is 1. The molecular formula is C31H37N5O. The largest absolute Gasteiger partial charge is 0.364 e. The van der Waals surface area contributed by atoms with Crippen molar-refractivity contribution in [2.24, 2.45) is 0 Å². The maximum absolute atomic E-state index is 13.5. The molecule has 0 spiro atoms. The van der Waals surface area contributed by atoms with Crippen LogP contribution in [0.1, 0.15) is 69.8 Å². The number of aromatic nitrogens is 2. The number of Topliss-reactive ketones (excluding diaryl/α,β-unsaturated/α-hetero) is 1. The van der Waals surface area contributed by atoms with E-state index in [1.807, 2.05) is 18.5 Å². The van der Waals surface area contributed by atoms with Crippen LogP contribution in [-0.2, 0) is 19.5 Å². The molecule has 0 N–H and O–H groups in total. The predicted molar refractivity (Wildman–Crippen MR) is 147 cm³/mol. The Morgan fingerprint density at radius 3 is 2.49 bits per heavy atom. The fraction of sp³-hybridized carbons (Fsp3) is 0.452. The first kappa shape index (κ1) is 24.3. The lowest BCUT2D eigenvalue weighted by molar-refractivity contribution is 0.0992. The number of hydrogen-bond acceptors (Lipinski definition) is 6. The van der Waals surface area contributed by atoms with Gasteiger partial charge in [0.2, 0.25) is 0 Å². The average molecular weight is 496 g/mol. The fourth-order valence-electron chi connectivity index (χ4n) is 5.94. The molecule has 1 saturated heterocycles. The van der Waals surface area contributed by atoms with E-state index < -0.39 is 0 Å². The summed E-state index contributed by atoms with van der Waals surface area (Å²) in [4.78, 5) is 29.2. The Bertz CT molecular complexity index is 1260. The van der Waals surface area contributed by atoms with Crippen molar-refractivity contribution in [3.63, 3.8) is 0 Å². The second-order valence-electron chi connectivity index (χ2n) is 11.3. The van der Waals surface area contributed by atoms with Crippen molar-refractivity contribution < 1.29 is 4.79 Å². The zero-order valence-electron chi connectivity index (χ0n) is 22.1. The van der Waals surface area contributed by atoms with Crippen LogP contribution in [0.4, 0.5) is 5.69 Å². The fourth-order valence-corrected chi connectivity index (χ4v) is 5.94. The molecule has 1 saturated carbocycles. The van der Waals surface area contributed by atoms with Crippen molar-refractivity contribution in [2.75, 3.05) is 44.7 Å². The van der Waals surface area contributed by atoms with E-state index in [4.69, 9.17) is 0 Å². The number of rotatable bonds is 7. The Morgan fingerprint density at radius 1 is 0.973 bits per heavy atom. The Morgan fingerprint density at radius 2 is 1.73 bits per heavy atom. The van der Waals surface area contributed by atoms with Crippen molar-refractivity contribution >= 4 is 11.5 Å². The van der Waals surface area contributed by atoms with Gasteiger partial charge in [-0.05, 0) is 65.6 Å². The van der Waals surface area contributed by atoms with Crippen molar-refractivity contribution in [1.82, 2.24) is 19.8 Å². The molecule has 3 aromatic rings. The highest BCUT2D eigenvalue weighted by molar-refractivity contribution is 5.97. The van der Waals surface area contributed by atoms with Crippen LogP contribution in [0.2, 0.25) is 0 Å². The van der Waals surface area contributed by atoms with Crippen LogP contribution in [-0.4, -0.2) is 65.3 Å². The van der Waals surface area contributed by atoms with E-state index in [-0.39, 0.29) is 5.78 Å². The quantitative estimate of drug-likeness (QED) is 0.445. The molecule has 37 heavy (non-hydrogen) atoms. The van der Waals surface area contributed by atoms with Crippen molar-refractivity contribution in [2.45, 2.75) is 51.1 Å². The van der Waals surface area contributed by atoms with E-state index >= 15 is 0 Å². The minimum absolute atomic E-state index is 0.203. The standard InChI is InChI=1S/C31H37N5O/c1-22-18-36(29-16-32-21-33-17-29)20-28-15-26(5-6-30(22)28)31(37)14-23-11-24(13-27(12-23)25-3-4-25)19-35-9-7-34(2)8-10-35/h5-6,11-13,15-17,21-22,25H,3-4,7-10,14,18-20H2,1-2H3. The number of anilines is 1. The summed E-state index contributed by atoms with van der Waals surface area (Å²) in [6, 6.07) is 13.3. The molecule has 1 unspecified atom stereocenters. The van der Waals surface area contributed by atoms with Gasteiger partial charge in [-0.2, -0.15) is 0 Å². The molecule has 0 bridgehead atoms. The zero-order valence-corrected chi connectivity index (χ0v) is 22.1. The Hall–Kier alpha value is -3.09. The molecule has 2 aliphatic heterocycles. The highest BCUT2D eigenvalue weighted by atomic mass is 16.1. The molecule has 1 aliphatic carbocycles. The summed E-state index contributed by atoms with van der Waals surface area (Å²) in [5.74, 6) is 1.27. The Kier molecular flexibility index (Phi) is 6.78. The van der Waals surface area contributed by atoms with Gasteiger partial charge < -0.3 is 9.80 Å². The van der Waals surface area contributed by atoms with Gasteiger partial charge in [0.1, 0.15) is 6.33 Å². The van der Waals surface area contributed by atoms with Crippen LogP contribution < -0.4 is 4.90 Å². The molecule has 192 valence electrons. The SMILES string of the molecule is CC1CN(c2cncnc2)Cc2cc(C(=O)Cc3cc(CN4CCN(C)CC4)cc(C4CC4)c3)ccc21. The summed E-state index contributed by atoms with van der Waals surface area (Å²) < 4.78 is 0. The van der Waals surface area contributed by atoms with E-state index in [9.17, 15) is 4.79 Å². The summed E-state index contributed by atoms with van der Waals surface area (Å²) in [5.41, 5.74) is 8.36. The summed E-state index contributed by atoms with van der Waals surface area (Å²) in [6.07, 6.45) is 8.31. The average Bonchev–Trinajstić information content (AvgIpc) is 3.76. The first-order valence-corrected chi connectivity index (χ1v) is 13.7. The van der Waals surface area contributed by atoms with Gasteiger partial charge in [-0.3, -0.25) is 9.69 Å². The third-order valence-electron chi connectivity index (χ3n) is 8.25. The summed E-state index contributed by atoms with van der Waals surface area (Å²) >= 11 is 0. The molecule has 2 aromatic carbocycles. The maximum Gasteiger partial charge on any atom is 0.167 e. The smallest absolute Gasteiger partial charge is 0.167 e. The van der Waals surface area contributed by atoms with Gasteiger partial charge in [-0.1, -0.05) is 37.3 Å². The van der Waals surface area contributed by atoms with Crippen LogP contribution in [0, 0.1) is 0 Å². The molecule has 0 radical (unpaired) electrons. The van der Waals surface area contributed by atoms with E-state index in [0.29, 0.717) is 18.3 Å². The predicted octanol–water partition coefficient (Wildman–Crippen LogP) is 4.65. The highest BCUT2D eigenvalue weighted by Crippen LogP contribution is 2.41. The number of carbonyl (C=O) groups is 1. The number of likely N-dealkylation sites (N-methyl/N-ethyl adjacent to an activating group) is 1. The normalized spacial score (nSPS) is 20.6. The van der Waals surface area contributed by atoms with Gasteiger partial charge in [0.25, 0.3) is 0 Å². The Labute approximate surface area is 220 Å². The first-order chi connectivity index (χ1) is 18.0. The van der Waals surface area contributed by atoms with Gasteiger partial charge in [0.15, 0.2) is 5.78 Å². The monoisotopic (exact) mass is 495 g/mol. The first-order valence-electron chi connectivity index (χ1n) is 13.7. The third-order valence-corrected chi connectivity index (χ3v) is 8.25. The van der Waals surface area contributed by atoms with Gasteiger partial charge >= 0.3 is 0 Å². The third kappa shape index (κ3) is 5.60. The molecule has 3 heterocycles. The molecule has 6 heteroatoms. The van der Waals surface area contributed by atoms with Crippen LogP contribution in [0.3, 0.4) is 0 Å².